The zero-order chi connectivity index (χ0) is 18.1. The molecule has 1 N–H and O–H groups in total. The molecule has 7 heteroatoms. The Kier molecular flexibility index (Phi) is 4.22. The molecule has 6 nitrogen and oxygen atoms in total. The molecular weight excluding hydrogens is 348 g/mol. The Morgan fingerprint density at radius 3 is 2.35 bits per heavy atom. The van der Waals surface area contributed by atoms with Crippen LogP contribution in [0.5, 0.6) is 0 Å². The lowest BCUT2D eigenvalue weighted by Crippen LogP contribution is -2.29. The van der Waals surface area contributed by atoms with Gasteiger partial charge in [-0.15, -0.1) is 0 Å². The number of nitrogens with one attached hydrogen (secondary N) is 1. The van der Waals surface area contributed by atoms with Crippen LogP contribution in [0.1, 0.15) is 5.56 Å². The number of hydrogen-bond acceptors (Lipinski definition) is 4. The molecule has 0 aliphatic carbocycles. The van der Waals surface area contributed by atoms with Crippen molar-refractivity contribution >= 4 is 22.9 Å². The van der Waals surface area contributed by atoms with E-state index >= 15 is 0 Å². The second-order valence-electron chi connectivity index (χ2n) is 5.87. The van der Waals surface area contributed by atoms with Crippen molar-refractivity contribution in [2.45, 2.75) is 16.6 Å². The maximum absolute atomic E-state index is 12.5. The van der Waals surface area contributed by atoms with Crippen LogP contribution < -0.4 is 11.2 Å². The van der Waals surface area contributed by atoms with Crippen LogP contribution in [0, 0.1) is 0 Å². The predicted octanol–water partition coefficient (Wildman–Crippen LogP) is 2.62. The number of aryl methyl sites for hydroxylation is 1. The van der Waals surface area contributed by atoms with E-state index in [1.165, 1.54) is 16.3 Å². The summed E-state index contributed by atoms with van der Waals surface area (Å²) < 4.78 is 3.23. The second-order valence-corrected chi connectivity index (χ2v) is 6.91. The largest absolute Gasteiger partial charge is 0.329 e. The summed E-state index contributed by atoms with van der Waals surface area (Å²) in [5.41, 5.74) is 0.937. The minimum atomic E-state index is -0.469. The van der Waals surface area contributed by atoms with Crippen LogP contribution in [0.3, 0.4) is 0 Å². The van der Waals surface area contributed by atoms with Gasteiger partial charge in [0.15, 0.2) is 16.3 Å². The molecule has 4 rings (SSSR count). The van der Waals surface area contributed by atoms with Gasteiger partial charge in [-0.1, -0.05) is 60.3 Å². The monoisotopic (exact) mass is 364 g/mol. The maximum atomic E-state index is 12.5. The number of hydrogen-bond donors (Lipinski definition) is 1. The van der Waals surface area contributed by atoms with Gasteiger partial charge in [0, 0.05) is 11.9 Å². The normalized spacial score (nSPS) is 11.1. The summed E-state index contributed by atoms with van der Waals surface area (Å²) in [6.07, 6.45) is 0. The highest BCUT2D eigenvalue weighted by Gasteiger charge is 2.18. The third-order valence-electron chi connectivity index (χ3n) is 4.11. The van der Waals surface area contributed by atoms with Crippen LogP contribution in [-0.4, -0.2) is 19.1 Å². The Morgan fingerprint density at radius 1 is 1.00 bits per heavy atom. The molecule has 0 aliphatic rings. The Hall–Kier alpha value is -3.06. The van der Waals surface area contributed by atoms with Gasteiger partial charge in [-0.2, -0.15) is 0 Å². The second kappa shape index (κ2) is 6.68. The first-order valence-corrected chi connectivity index (χ1v) is 8.91. The summed E-state index contributed by atoms with van der Waals surface area (Å²) in [6.45, 7) is 0.494. The third kappa shape index (κ3) is 2.97. The molecule has 0 unspecified atom stereocenters. The molecule has 0 bridgehead atoms. The first-order valence-electron chi connectivity index (χ1n) is 8.10. The quantitative estimate of drug-likeness (QED) is 0.604. The fourth-order valence-electron chi connectivity index (χ4n) is 2.80. The molecule has 0 amide bonds. The predicted molar refractivity (Wildman–Crippen MR) is 102 cm³/mol. The lowest BCUT2D eigenvalue weighted by molar-refractivity contribution is 0.728. The number of aromatic nitrogens is 4. The van der Waals surface area contributed by atoms with Gasteiger partial charge in [-0.05, 0) is 17.7 Å². The summed E-state index contributed by atoms with van der Waals surface area (Å²) in [4.78, 5) is 32.4. The van der Waals surface area contributed by atoms with Gasteiger partial charge >= 0.3 is 5.69 Å². The van der Waals surface area contributed by atoms with E-state index in [1.807, 2.05) is 65.2 Å². The third-order valence-corrected chi connectivity index (χ3v) is 5.11. The molecular formula is C19H16N4O2S. The first kappa shape index (κ1) is 16.4. The van der Waals surface area contributed by atoms with Crippen LogP contribution in [0.4, 0.5) is 0 Å². The first-order chi connectivity index (χ1) is 12.6. The van der Waals surface area contributed by atoms with E-state index in [-0.39, 0.29) is 0 Å². The number of nitrogens with zero attached hydrogens (tertiary/aromatic N) is 3. The molecule has 0 aliphatic heterocycles. The van der Waals surface area contributed by atoms with E-state index < -0.39 is 11.2 Å². The summed E-state index contributed by atoms with van der Waals surface area (Å²) in [6, 6.07) is 19.7. The molecule has 0 fully saturated rings. The molecule has 2 aromatic heterocycles. The fourth-order valence-corrected chi connectivity index (χ4v) is 3.70. The number of imidazole rings is 1. The molecule has 130 valence electrons. The minimum Gasteiger partial charge on any atom is -0.308 e. The zero-order valence-corrected chi connectivity index (χ0v) is 14.9. The standard InChI is InChI=1S/C19H16N4O2S/c1-22-16-15(17(24)21-18(22)25)23(12-13-8-4-2-5-9-13)19(20-16)26-14-10-6-3-7-11-14/h2-11H,12H2,1H3,(H,21,24,25). The average molecular weight is 364 g/mol. The highest BCUT2D eigenvalue weighted by molar-refractivity contribution is 7.99. The Balaban J connectivity index is 1.93. The van der Waals surface area contributed by atoms with Gasteiger partial charge in [0.25, 0.3) is 5.56 Å². The van der Waals surface area contributed by atoms with Gasteiger partial charge in [-0.25, -0.2) is 9.78 Å². The van der Waals surface area contributed by atoms with E-state index in [1.54, 1.807) is 7.05 Å². The van der Waals surface area contributed by atoms with E-state index in [2.05, 4.69) is 9.97 Å². The number of benzene rings is 2. The molecule has 0 spiro atoms. The van der Waals surface area contributed by atoms with Gasteiger partial charge in [0.2, 0.25) is 0 Å². The molecule has 0 saturated carbocycles. The molecule has 2 aromatic carbocycles. The fraction of sp³-hybridized carbons (Fsp3) is 0.105. The van der Waals surface area contributed by atoms with E-state index in [9.17, 15) is 9.59 Å². The topological polar surface area (TPSA) is 72.7 Å². The van der Waals surface area contributed by atoms with E-state index in [0.717, 1.165) is 10.5 Å². The molecule has 0 atom stereocenters. The Labute approximate surface area is 153 Å². The summed E-state index contributed by atoms with van der Waals surface area (Å²) in [5, 5.41) is 0.668. The number of fused-ring (bicyclic) bond motifs is 1. The van der Waals surface area contributed by atoms with Crippen molar-refractivity contribution in [3.05, 3.63) is 87.1 Å². The van der Waals surface area contributed by atoms with Gasteiger partial charge in [-0.3, -0.25) is 14.3 Å². The number of rotatable bonds is 4. The molecule has 2 heterocycles. The summed E-state index contributed by atoms with van der Waals surface area (Å²) >= 11 is 1.47. The van der Waals surface area contributed by atoms with Gasteiger partial charge < -0.3 is 4.57 Å². The van der Waals surface area contributed by atoms with E-state index in [0.29, 0.717) is 22.9 Å². The van der Waals surface area contributed by atoms with Gasteiger partial charge in [0.1, 0.15) is 0 Å². The average Bonchev–Trinajstić information content (AvgIpc) is 3.00. The summed E-state index contributed by atoms with van der Waals surface area (Å²) in [5.74, 6) is 0. The highest BCUT2D eigenvalue weighted by Crippen LogP contribution is 2.29. The Bertz CT molecular complexity index is 1180. The van der Waals surface area contributed by atoms with Crippen molar-refractivity contribution < 1.29 is 0 Å². The van der Waals surface area contributed by atoms with Crippen molar-refractivity contribution in [3.63, 3.8) is 0 Å². The lowest BCUT2D eigenvalue weighted by atomic mass is 10.2. The van der Waals surface area contributed by atoms with Crippen LogP contribution in [0.15, 0.2) is 80.3 Å². The molecule has 4 aromatic rings. The Morgan fingerprint density at radius 2 is 1.65 bits per heavy atom. The SMILES string of the molecule is Cn1c(=O)[nH]c(=O)c2c1nc(Sc1ccccc1)n2Cc1ccccc1. The molecule has 26 heavy (non-hydrogen) atoms. The zero-order valence-electron chi connectivity index (χ0n) is 14.0. The van der Waals surface area contributed by atoms with Crippen molar-refractivity contribution in [2.75, 3.05) is 0 Å². The van der Waals surface area contributed by atoms with Crippen molar-refractivity contribution in [2.24, 2.45) is 7.05 Å². The van der Waals surface area contributed by atoms with Crippen LogP contribution >= 0.6 is 11.8 Å². The van der Waals surface area contributed by atoms with Gasteiger partial charge in [0.05, 0.1) is 6.54 Å². The van der Waals surface area contributed by atoms with Crippen molar-refractivity contribution in [1.82, 2.24) is 19.1 Å². The number of aromatic amines is 1. The van der Waals surface area contributed by atoms with Crippen LogP contribution in [-0.2, 0) is 13.6 Å². The lowest BCUT2D eigenvalue weighted by Gasteiger charge is -2.08. The smallest absolute Gasteiger partial charge is 0.308 e. The van der Waals surface area contributed by atoms with Crippen LogP contribution in [0.25, 0.3) is 11.2 Å². The number of H-pyrrole nitrogens is 1. The van der Waals surface area contributed by atoms with E-state index in [4.69, 9.17) is 0 Å². The van der Waals surface area contributed by atoms with Crippen molar-refractivity contribution in [3.8, 4) is 0 Å². The highest BCUT2D eigenvalue weighted by atomic mass is 32.2. The molecule has 0 radical (unpaired) electrons. The van der Waals surface area contributed by atoms with Crippen molar-refractivity contribution in [1.29, 1.82) is 0 Å². The maximum Gasteiger partial charge on any atom is 0.329 e. The molecule has 0 saturated heterocycles. The summed E-state index contributed by atoms with van der Waals surface area (Å²) in [7, 11) is 1.61. The minimum absolute atomic E-state index is 0.383. The van der Waals surface area contributed by atoms with Crippen LogP contribution in [0.2, 0.25) is 0 Å².